The molecule has 1 aromatic carbocycles. The Morgan fingerprint density at radius 1 is 1.53 bits per heavy atom. The summed E-state index contributed by atoms with van der Waals surface area (Å²) in [5.41, 5.74) is 2.11. The molecule has 1 unspecified atom stereocenters. The van der Waals surface area contributed by atoms with Crippen LogP contribution < -0.4 is 10.6 Å². The molecule has 2 N–H and O–H groups in total. The maximum absolute atomic E-state index is 12.0. The van der Waals surface area contributed by atoms with Gasteiger partial charge in [0.1, 0.15) is 0 Å². The number of nitrogens with one attached hydrogen (secondary N) is 2. The van der Waals surface area contributed by atoms with Gasteiger partial charge in [-0.2, -0.15) is 0 Å². The molecule has 1 aromatic rings. The molecule has 1 saturated heterocycles. The van der Waals surface area contributed by atoms with Gasteiger partial charge in [-0.15, -0.1) is 0 Å². The van der Waals surface area contributed by atoms with E-state index in [2.05, 4.69) is 39.6 Å². The van der Waals surface area contributed by atoms with Crippen LogP contribution in [0, 0.1) is 0 Å². The lowest BCUT2D eigenvalue weighted by Gasteiger charge is -2.12. The molecule has 1 amide bonds. The van der Waals surface area contributed by atoms with Gasteiger partial charge in [0, 0.05) is 22.6 Å². The average Bonchev–Trinajstić information content (AvgIpc) is 2.91. The first-order valence-corrected chi connectivity index (χ1v) is 7.80. The predicted molar refractivity (Wildman–Crippen MR) is 82.4 cm³/mol. The molecule has 104 valence electrons. The number of aryl methyl sites for hydroxylation is 1. The largest absolute Gasteiger partial charge is 0.326 e. The van der Waals surface area contributed by atoms with Crippen LogP contribution in [-0.2, 0) is 11.2 Å². The lowest BCUT2D eigenvalue weighted by Crippen LogP contribution is -2.23. The van der Waals surface area contributed by atoms with Crippen molar-refractivity contribution in [3.63, 3.8) is 0 Å². The predicted octanol–water partition coefficient (Wildman–Crippen LogP) is 3.48. The molecule has 0 aromatic heterocycles. The van der Waals surface area contributed by atoms with E-state index in [0.717, 1.165) is 29.5 Å². The normalized spacial score (nSPS) is 18.5. The highest BCUT2D eigenvalue weighted by Crippen LogP contribution is 2.22. The van der Waals surface area contributed by atoms with Crippen LogP contribution in [0.2, 0.25) is 0 Å². The number of rotatable bonds is 5. The molecule has 0 saturated carbocycles. The second-order valence-corrected chi connectivity index (χ2v) is 5.95. The van der Waals surface area contributed by atoms with E-state index in [1.807, 2.05) is 12.1 Å². The Kier molecular flexibility index (Phi) is 5.40. The Bertz CT molecular complexity index is 442. The van der Waals surface area contributed by atoms with Gasteiger partial charge in [-0.25, -0.2) is 0 Å². The van der Waals surface area contributed by atoms with Crippen LogP contribution in [0.25, 0.3) is 0 Å². The first-order valence-electron chi connectivity index (χ1n) is 7.00. The Morgan fingerprint density at radius 3 is 3.05 bits per heavy atom. The van der Waals surface area contributed by atoms with Crippen molar-refractivity contribution in [2.75, 3.05) is 11.9 Å². The van der Waals surface area contributed by atoms with E-state index >= 15 is 0 Å². The Balaban J connectivity index is 1.87. The van der Waals surface area contributed by atoms with Crippen LogP contribution in [0.15, 0.2) is 22.7 Å². The maximum Gasteiger partial charge on any atom is 0.224 e. The zero-order chi connectivity index (χ0) is 13.7. The van der Waals surface area contributed by atoms with Crippen molar-refractivity contribution in [1.82, 2.24) is 5.32 Å². The topological polar surface area (TPSA) is 41.1 Å². The zero-order valence-corrected chi connectivity index (χ0v) is 12.9. The summed E-state index contributed by atoms with van der Waals surface area (Å²) in [6, 6.07) is 6.53. The molecule has 0 aliphatic carbocycles. The van der Waals surface area contributed by atoms with Gasteiger partial charge in [-0.1, -0.05) is 22.9 Å². The number of benzene rings is 1. The number of halogens is 1. The van der Waals surface area contributed by atoms with Crippen LogP contribution in [0.5, 0.6) is 0 Å². The highest BCUT2D eigenvalue weighted by Gasteiger charge is 2.15. The summed E-state index contributed by atoms with van der Waals surface area (Å²) in [6.07, 6.45) is 4.88. The first-order chi connectivity index (χ1) is 9.19. The Labute approximate surface area is 123 Å². The summed E-state index contributed by atoms with van der Waals surface area (Å²) in [6.45, 7) is 3.19. The number of carbonyl (C=O) groups excluding carboxylic acids is 1. The molecule has 19 heavy (non-hydrogen) atoms. The summed E-state index contributed by atoms with van der Waals surface area (Å²) < 4.78 is 1.05. The lowest BCUT2D eigenvalue weighted by atomic mass is 10.1. The molecular weight excluding hydrogens is 304 g/mol. The molecule has 0 bridgehead atoms. The fourth-order valence-electron chi connectivity index (χ4n) is 2.50. The van der Waals surface area contributed by atoms with Crippen LogP contribution in [0.1, 0.15) is 38.2 Å². The third-order valence-electron chi connectivity index (χ3n) is 3.60. The second-order valence-electron chi connectivity index (χ2n) is 5.04. The molecule has 0 spiro atoms. The van der Waals surface area contributed by atoms with Crippen LogP contribution >= 0.6 is 15.9 Å². The first kappa shape index (κ1) is 14.5. The fraction of sp³-hybridized carbons (Fsp3) is 0.533. The number of hydrogen-bond acceptors (Lipinski definition) is 2. The van der Waals surface area contributed by atoms with Gasteiger partial charge in [0.05, 0.1) is 0 Å². The molecule has 1 heterocycles. The summed E-state index contributed by atoms with van der Waals surface area (Å²) in [5.74, 6) is 0.116. The van der Waals surface area contributed by atoms with Crippen molar-refractivity contribution < 1.29 is 4.79 Å². The van der Waals surface area contributed by atoms with Crippen molar-refractivity contribution in [3.05, 3.63) is 28.2 Å². The van der Waals surface area contributed by atoms with Crippen LogP contribution in [0.4, 0.5) is 5.69 Å². The third-order valence-corrected chi connectivity index (χ3v) is 4.10. The maximum atomic E-state index is 12.0. The van der Waals surface area contributed by atoms with E-state index in [1.54, 1.807) is 0 Å². The second kappa shape index (κ2) is 7.06. The zero-order valence-electron chi connectivity index (χ0n) is 11.3. The molecular formula is C15H21BrN2O. The van der Waals surface area contributed by atoms with E-state index in [0.29, 0.717) is 12.5 Å². The number of hydrogen-bond donors (Lipinski definition) is 2. The minimum atomic E-state index is 0.116. The summed E-state index contributed by atoms with van der Waals surface area (Å²) in [7, 11) is 0. The monoisotopic (exact) mass is 324 g/mol. The Morgan fingerprint density at radius 2 is 2.37 bits per heavy atom. The molecule has 0 radical (unpaired) electrons. The van der Waals surface area contributed by atoms with Gasteiger partial charge in [-0.05, 0) is 56.0 Å². The van der Waals surface area contributed by atoms with Crippen molar-refractivity contribution in [2.45, 2.75) is 45.1 Å². The fourth-order valence-corrected chi connectivity index (χ4v) is 2.91. The van der Waals surface area contributed by atoms with Gasteiger partial charge < -0.3 is 10.6 Å². The van der Waals surface area contributed by atoms with Gasteiger partial charge >= 0.3 is 0 Å². The van der Waals surface area contributed by atoms with Gasteiger partial charge in [0.2, 0.25) is 5.91 Å². The van der Waals surface area contributed by atoms with Crippen molar-refractivity contribution in [3.8, 4) is 0 Å². The average molecular weight is 325 g/mol. The van der Waals surface area contributed by atoms with E-state index in [-0.39, 0.29) is 5.91 Å². The number of anilines is 1. The molecule has 1 fully saturated rings. The minimum absolute atomic E-state index is 0.116. The molecule has 1 aliphatic heterocycles. The Hall–Kier alpha value is -0.870. The van der Waals surface area contributed by atoms with Crippen molar-refractivity contribution >= 4 is 27.5 Å². The highest BCUT2D eigenvalue weighted by atomic mass is 79.9. The quantitative estimate of drug-likeness (QED) is 0.870. The van der Waals surface area contributed by atoms with Crippen molar-refractivity contribution in [1.29, 1.82) is 0 Å². The summed E-state index contributed by atoms with van der Waals surface area (Å²) >= 11 is 3.46. The lowest BCUT2D eigenvalue weighted by molar-refractivity contribution is -0.116. The molecule has 3 nitrogen and oxygen atoms in total. The third kappa shape index (κ3) is 4.32. The van der Waals surface area contributed by atoms with Crippen molar-refractivity contribution in [2.24, 2.45) is 0 Å². The van der Waals surface area contributed by atoms with Gasteiger partial charge in [0.15, 0.2) is 0 Å². The number of carbonyl (C=O) groups is 1. The minimum Gasteiger partial charge on any atom is -0.326 e. The van der Waals surface area contributed by atoms with E-state index in [4.69, 9.17) is 0 Å². The van der Waals surface area contributed by atoms with E-state index in [9.17, 15) is 4.79 Å². The van der Waals surface area contributed by atoms with Gasteiger partial charge in [0.25, 0.3) is 0 Å². The summed E-state index contributed by atoms with van der Waals surface area (Å²) in [5, 5.41) is 6.44. The smallest absolute Gasteiger partial charge is 0.224 e. The van der Waals surface area contributed by atoms with E-state index < -0.39 is 0 Å². The molecule has 1 aliphatic rings. The highest BCUT2D eigenvalue weighted by molar-refractivity contribution is 9.10. The van der Waals surface area contributed by atoms with E-state index in [1.165, 1.54) is 18.4 Å². The number of amides is 1. The van der Waals surface area contributed by atoms with Gasteiger partial charge in [-0.3, -0.25) is 4.79 Å². The molecule has 1 atom stereocenters. The van der Waals surface area contributed by atoms with Crippen LogP contribution in [-0.4, -0.2) is 18.5 Å². The van der Waals surface area contributed by atoms with Crippen LogP contribution in [0.3, 0.4) is 0 Å². The SMILES string of the molecule is CCc1cc(Br)ccc1NC(=O)CCC1CCCN1. The summed E-state index contributed by atoms with van der Waals surface area (Å²) in [4.78, 5) is 12.0. The molecule has 2 rings (SSSR count). The standard InChI is InChI=1S/C15H21BrN2O/c1-2-11-10-12(16)5-7-14(11)18-15(19)8-6-13-4-3-9-17-13/h5,7,10,13,17H,2-4,6,8-9H2,1H3,(H,18,19). The molecule has 4 heteroatoms.